The molecule has 90 valence electrons. The lowest BCUT2D eigenvalue weighted by Gasteiger charge is -2.24. The number of nitrogens with one attached hydrogen (secondary N) is 1. The van der Waals surface area contributed by atoms with Gasteiger partial charge in [0.05, 0.1) is 6.04 Å². The highest BCUT2D eigenvalue weighted by Crippen LogP contribution is 2.28. The molecule has 1 N–H and O–H groups in total. The van der Waals surface area contributed by atoms with Gasteiger partial charge >= 0.3 is 0 Å². The molecule has 0 aromatic heterocycles. The van der Waals surface area contributed by atoms with Gasteiger partial charge in [-0.2, -0.15) is 0 Å². The molecule has 3 fully saturated rings. The van der Waals surface area contributed by atoms with Gasteiger partial charge in [-0.05, 0) is 32.2 Å². The van der Waals surface area contributed by atoms with Crippen molar-refractivity contribution in [2.75, 3.05) is 26.7 Å². The molecule has 3 rings (SSSR count). The molecule has 1 amide bonds. The minimum Gasteiger partial charge on any atom is -0.344 e. The zero-order valence-electron chi connectivity index (χ0n) is 9.98. The van der Waals surface area contributed by atoms with Crippen LogP contribution in [-0.4, -0.2) is 60.5 Å². The number of likely N-dealkylation sites (tertiary alicyclic amines) is 1. The number of nitrogens with zero attached hydrogens (tertiary/aromatic N) is 2. The number of fused-ring (bicyclic) bond motifs is 1. The summed E-state index contributed by atoms with van der Waals surface area (Å²) in [6, 6.07) is 1.36. The highest BCUT2D eigenvalue weighted by molar-refractivity contribution is 5.83. The molecule has 16 heavy (non-hydrogen) atoms. The highest BCUT2D eigenvalue weighted by Gasteiger charge is 2.40. The quantitative estimate of drug-likeness (QED) is 0.718. The first-order valence-corrected chi connectivity index (χ1v) is 6.51. The molecule has 3 unspecified atom stereocenters. The zero-order chi connectivity index (χ0) is 11.1. The fourth-order valence-corrected chi connectivity index (χ4v) is 3.51. The van der Waals surface area contributed by atoms with E-state index < -0.39 is 0 Å². The summed E-state index contributed by atoms with van der Waals surface area (Å²) < 4.78 is 0. The fourth-order valence-electron chi connectivity index (χ4n) is 3.51. The largest absolute Gasteiger partial charge is 0.344 e. The molecule has 3 heterocycles. The van der Waals surface area contributed by atoms with Gasteiger partial charge in [-0.1, -0.05) is 0 Å². The van der Waals surface area contributed by atoms with Crippen LogP contribution >= 0.6 is 0 Å². The van der Waals surface area contributed by atoms with Gasteiger partial charge in [-0.15, -0.1) is 0 Å². The topological polar surface area (TPSA) is 35.6 Å². The highest BCUT2D eigenvalue weighted by atomic mass is 16.2. The third kappa shape index (κ3) is 1.64. The van der Waals surface area contributed by atoms with Crippen molar-refractivity contribution in [3.63, 3.8) is 0 Å². The molecule has 0 aromatic rings. The van der Waals surface area contributed by atoms with E-state index in [1.54, 1.807) is 0 Å². The number of amides is 1. The van der Waals surface area contributed by atoms with Crippen LogP contribution in [0.4, 0.5) is 0 Å². The van der Waals surface area contributed by atoms with Gasteiger partial charge in [0, 0.05) is 32.2 Å². The summed E-state index contributed by atoms with van der Waals surface area (Å²) in [7, 11) is 1.90. The summed E-state index contributed by atoms with van der Waals surface area (Å²) >= 11 is 0. The van der Waals surface area contributed by atoms with E-state index in [-0.39, 0.29) is 11.9 Å². The van der Waals surface area contributed by atoms with Crippen molar-refractivity contribution < 1.29 is 4.79 Å². The molecule has 3 saturated heterocycles. The van der Waals surface area contributed by atoms with Crippen molar-refractivity contribution in [2.24, 2.45) is 0 Å². The second-order valence-electron chi connectivity index (χ2n) is 5.41. The molecule has 3 aliphatic heterocycles. The Morgan fingerprint density at radius 2 is 2.06 bits per heavy atom. The molecule has 3 atom stereocenters. The molecule has 0 radical (unpaired) electrons. The van der Waals surface area contributed by atoms with Crippen LogP contribution < -0.4 is 5.32 Å². The number of hydrogen-bond acceptors (Lipinski definition) is 3. The molecule has 0 saturated carbocycles. The van der Waals surface area contributed by atoms with Crippen molar-refractivity contribution in [3.8, 4) is 0 Å². The summed E-state index contributed by atoms with van der Waals surface area (Å²) in [4.78, 5) is 16.3. The lowest BCUT2D eigenvalue weighted by Crippen LogP contribution is -2.47. The molecule has 0 aromatic carbocycles. The second-order valence-corrected chi connectivity index (χ2v) is 5.41. The molecule has 0 bridgehead atoms. The fraction of sp³-hybridized carbons (Fsp3) is 0.917. The Kier molecular flexibility index (Phi) is 2.64. The minimum absolute atomic E-state index is 0.0931. The van der Waals surface area contributed by atoms with E-state index >= 15 is 0 Å². The Morgan fingerprint density at radius 3 is 2.81 bits per heavy atom. The van der Waals surface area contributed by atoms with Crippen LogP contribution in [0.25, 0.3) is 0 Å². The summed E-state index contributed by atoms with van der Waals surface area (Å²) in [5.41, 5.74) is 0. The maximum atomic E-state index is 11.8. The smallest absolute Gasteiger partial charge is 0.239 e. The number of carbonyl (C=O) groups excluding carboxylic acids is 1. The predicted octanol–water partition coefficient (Wildman–Crippen LogP) is 0.0434. The number of carbonyl (C=O) groups is 1. The van der Waals surface area contributed by atoms with Gasteiger partial charge in [0.25, 0.3) is 0 Å². The van der Waals surface area contributed by atoms with Crippen LogP contribution in [0.1, 0.15) is 25.7 Å². The molecule has 3 aliphatic rings. The first-order chi connectivity index (χ1) is 7.75. The van der Waals surface area contributed by atoms with Gasteiger partial charge in [-0.25, -0.2) is 0 Å². The predicted molar refractivity (Wildman–Crippen MR) is 62.2 cm³/mol. The third-order valence-corrected chi connectivity index (χ3v) is 4.45. The Balaban J connectivity index is 1.61. The van der Waals surface area contributed by atoms with Crippen LogP contribution in [0.3, 0.4) is 0 Å². The average Bonchev–Trinajstić information content (AvgIpc) is 2.92. The Bertz CT molecular complexity index is 294. The molecular formula is C12H21N3O. The zero-order valence-corrected chi connectivity index (χ0v) is 9.98. The van der Waals surface area contributed by atoms with Crippen molar-refractivity contribution in [1.29, 1.82) is 0 Å². The van der Waals surface area contributed by atoms with E-state index in [9.17, 15) is 4.79 Å². The van der Waals surface area contributed by atoms with Crippen LogP contribution in [0.2, 0.25) is 0 Å². The van der Waals surface area contributed by atoms with E-state index in [0.29, 0.717) is 12.1 Å². The lowest BCUT2D eigenvalue weighted by atomic mass is 10.1. The van der Waals surface area contributed by atoms with Crippen LogP contribution in [0.5, 0.6) is 0 Å². The molecule has 0 aliphatic carbocycles. The summed E-state index contributed by atoms with van der Waals surface area (Å²) in [5, 5.41) is 3.60. The average molecular weight is 223 g/mol. The maximum absolute atomic E-state index is 11.8. The van der Waals surface area contributed by atoms with Gasteiger partial charge < -0.3 is 10.2 Å². The summed E-state index contributed by atoms with van der Waals surface area (Å²) in [6.07, 6.45) is 4.85. The van der Waals surface area contributed by atoms with Gasteiger partial charge in [0.2, 0.25) is 5.91 Å². The van der Waals surface area contributed by atoms with Crippen LogP contribution in [0.15, 0.2) is 0 Å². The van der Waals surface area contributed by atoms with Crippen LogP contribution in [-0.2, 0) is 4.79 Å². The van der Waals surface area contributed by atoms with Gasteiger partial charge in [-0.3, -0.25) is 9.69 Å². The maximum Gasteiger partial charge on any atom is 0.239 e. The van der Waals surface area contributed by atoms with E-state index in [0.717, 1.165) is 13.0 Å². The molecule has 4 nitrogen and oxygen atoms in total. The van der Waals surface area contributed by atoms with Gasteiger partial charge in [0.15, 0.2) is 0 Å². The van der Waals surface area contributed by atoms with Crippen molar-refractivity contribution >= 4 is 5.91 Å². The molecule has 0 spiro atoms. The minimum atomic E-state index is 0.0931. The SMILES string of the molecule is CN1CCC(NC2CCN3CCCC23)C1=O. The monoisotopic (exact) mass is 223 g/mol. The van der Waals surface area contributed by atoms with Crippen molar-refractivity contribution in [3.05, 3.63) is 0 Å². The second kappa shape index (κ2) is 4.00. The first-order valence-electron chi connectivity index (χ1n) is 6.51. The van der Waals surface area contributed by atoms with Crippen molar-refractivity contribution in [1.82, 2.24) is 15.1 Å². The van der Waals surface area contributed by atoms with Crippen molar-refractivity contribution in [2.45, 2.75) is 43.8 Å². The lowest BCUT2D eigenvalue weighted by molar-refractivity contribution is -0.128. The Labute approximate surface area is 97.0 Å². The summed E-state index contributed by atoms with van der Waals surface area (Å²) in [5.74, 6) is 0.288. The molecule has 4 heteroatoms. The third-order valence-electron chi connectivity index (χ3n) is 4.45. The standard InChI is InChI=1S/C12H21N3O/c1-14-7-4-10(12(14)16)13-9-5-8-15-6-2-3-11(9)15/h9-11,13H,2-8H2,1H3. The van der Waals surface area contributed by atoms with Crippen LogP contribution in [0, 0.1) is 0 Å². The normalized spacial score (nSPS) is 39.7. The summed E-state index contributed by atoms with van der Waals surface area (Å²) in [6.45, 7) is 3.40. The van der Waals surface area contributed by atoms with E-state index in [2.05, 4.69) is 10.2 Å². The van der Waals surface area contributed by atoms with E-state index in [1.165, 1.54) is 32.4 Å². The molecular weight excluding hydrogens is 202 g/mol. The Hall–Kier alpha value is -0.610. The van der Waals surface area contributed by atoms with Gasteiger partial charge in [0.1, 0.15) is 0 Å². The number of hydrogen-bond donors (Lipinski definition) is 1. The number of likely N-dealkylation sites (N-methyl/N-ethyl adjacent to an activating group) is 1. The van der Waals surface area contributed by atoms with E-state index in [4.69, 9.17) is 0 Å². The first kappa shape index (κ1) is 10.5. The Morgan fingerprint density at radius 1 is 1.19 bits per heavy atom. The number of rotatable bonds is 2. The van der Waals surface area contributed by atoms with E-state index in [1.807, 2.05) is 11.9 Å².